The van der Waals surface area contributed by atoms with E-state index in [0.717, 1.165) is 5.56 Å². The third-order valence-corrected chi connectivity index (χ3v) is 2.59. The number of fused-ring (bicyclic) bond motifs is 1. The largest absolute Gasteiger partial charge is 0.399 e. The molecule has 0 saturated carbocycles. The molecule has 3 rings (SSSR count). The van der Waals surface area contributed by atoms with E-state index in [-0.39, 0.29) is 5.56 Å². The first kappa shape index (κ1) is 9.65. The standard InChI is InChI=1S/C12H10N4O/c13-9-4-1-3-8(7-9)12-15-14-10-5-2-6-11(17)16(10)12/h1-7,14H,13H2. The van der Waals surface area contributed by atoms with Crippen molar-refractivity contribution >= 4 is 11.3 Å². The lowest BCUT2D eigenvalue weighted by Crippen LogP contribution is -2.11. The maximum absolute atomic E-state index is 11.8. The Balaban J connectivity index is 2.35. The molecule has 0 amide bonds. The average Bonchev–Trinajstić information content (AvgIpc) is 2.74. The minimum Gasteiger partial charge on any atom is -0.399 e. The van der Waals surface area contributed by atoms with Gasteiger partial charge in [0.25, 0.3) is 5.56 Å². The minimum absolute atomic E-state index is 0.117. The van der Waals surface area contributed by atoms with Gasteiger partial charge in [-0.05, 0) is 18.2 Å². The van der Waals surface area contributed by atoms with Crippen molar-refractivity contribution in [1.82, 2.24) is 14.6 Å². The summed E-state index contributed by atoms with van der Waals surface area (Å²) in [6.45, 7) is 0. The van der Waals surface area contributed by atoms with Crippen LogP contribution >= 0.6 is 0 Å². The molecule has 0 radical (unpaired) electrons. The van der Waals surface area contributed by atoms with Crippen molar-refractivity contribution in [3.63, 3.8) is 0 Å². The smallest absolute Gasteiger partial charge is 0.257 e. The van der Waals surface area contributed by atoms with Gasteiger partial charge in [0.15, 0.2) is 5.82 Å². The van der Waals surface area contributed by atoms with E-state index < -0.39 is 0 Å². The maximum atomic E-state index is 11.8. The molecule has 0 saturated heterocycles. The first-order valence-electron chi connectivity index (χ1n) is 5.18. The number of pyridine rings is 1. The fourth-order valence-corrected chi connectivity index (χ4v) is 1.83. The molecule has 0 fully saturated rings. The van der Waals surface area contributed by atoms with Crippen LogP contribution < -0.4 is 11.3 Å². The summed E-state index contributed by atoms with van der Waals surface area (Å²) in [7, 11) is 0. The van der Waals surface area contributed by atoms with Gasteiger partial charge in [-0.3, -0.25) is 9.89 Å². The van der Waals surface area contributed by atoms with Crippen molar-refractivity contribution in [3.8, 4) is 11.4 Å². The molecule has 0 aliphatic heterocycles. The topological polar surface area (TPSA) is 76.2 Å². The van der Waals surface area contributed by atoms with Gasteiger partial charge in [0, 0.05) is 17.3 Å². The molecule has 0 spiro atoms. The zero-order valence-corrected chi connectivity index (χ0v) is 8.92. The highest BCUT2D eigenvalue weighted by Crippen LogP contribution is 2.18. The van der Waals surface area contributed by atoms with Gasteiger partial charge in [-0.25, -0.2) is 4.40 Å². The quantitative estimate of drug-likeness (QED) is 0.613. The van der Waals surface area contributed by atoms with Crippen molar-refractivity contribution in [2.45, 2.75) is 0 Å². The highest BCUT2D eigenvalue weighted by Gasteiger charge is 2.08. The second-order valence-electron chi connectivity index (χ2n) is 3.76. The van der Waals surface area contributed by atoms with E-state index in [2.05, 4.69) is 10.2 Å². The van der Waals surface area contributed by atoms with Crippen molar-refractivity contribution < 1.29 is 0 Å². The predicted molar refractivity (Wildman–Crippen MR) is 65.7 cm³/mol. The van der Waals surface area contributed by atoms with Crippen LogP contribution in [-0.2, 0) is 0 Å². The Morgan fingerprint density at radius 2 is 2.00 bits per heavy atom. The van der Waals surface area contributed by atoms with Crippen molar-refractivity contribution in [1.29, 1.82) is 0 Å². The van der Waals surface area contributed by atoms with Crippen LogP contribution in [0.3, 0.4) is 0 Å². The average molecular weight is 226 g/mol. The monoisotopic (exact) mass is 226 g/mol. The summed E-state index contributed by atoms with van der Waals surface area (Å²) < 4.78 is 1.52. The molecular formula is C12H10N4O. The lowest BCUT2D eigenvalue weighted by molar-refractivity contribution is 1.09. The summed E-state index contributed by atoms with van der Waals surface area (Å²) in [5, 5.41) is 6.97. The molecule has 17 heavy (non-hydrogen) atoms. The van der Waals surface area contributed by atoms with E-state index in [9.17, 15) is 4.79 Å². The third kappa shape index (κ3) is 1.48. The summed E-state index contributed by atoms with van der Waals surface area (Å²) in [5.41, 5.74) is 7.72. The number of hydrogen-bond donors (Lipinski definition) is 2. The molecule has 5 heteroatoms. The Bertz CT molecular complexity index is 741. The first-order chi connectivity index (χ1) is 8.25. The molecule has 5 nitrogen and oxygen atoms in total. The van der Waals surface area contributed by atoms with E-state index in [1.54, 1.807) is 24.3 Å². The van der Waals surface area contributed by atoms with Crippen LogP contribution in [0.15, 0.2) is 47.3 Å². The van der Waals surface area contributed by atoms with Gasteiger partial charge in [0.2, 0.25) is 0 Å². The predicted octanol–water partition coefficient (Wildman–Crippen LogP) is 1.27. The van der Waals surface area contributed by atoms with Gasteiger partial charge in [0.1, 0.15) is 5.65 Å². The van der Waals surface area contributed by atoms with E-state index in [0.29, 0.717) is 17.2 Å². The summed E-state index contributed by atoms with van der Waals surface area (Å²) in [6, 6.07) is 12.3. The number of aromatic amines is 1. The lowest BCUT2D eigenvalue weighted by Gasteiger charge is -2.00. The molecule has 2 aromatic heterocycles. The SMILES string of the molecule is Nc1cccc(-c2n[nH]c3cccc(=O)n23)c1. The van der Waals surface area contributed by atoms with Gasteiger partial charge in [-0.2, -0.15) is 5.10 Å². The number of H-pyrrole nitrogens is 1. The molecule has 0 aliphatic carbocycles. The molecule has 1 aromatic carbocycles. The fourth-order valence-electron chi connectivity index (χ4n) is 1.83. The Morgan fingerprint density at radius 3 is 2.82 bits per heavy atom. The maximum Gasteiger partial charge on any atom is 0.257 e. The number of nitrogen functional groups attached to an aromatic ring is 1. The van der Waals surface area contributed by atoms with Gasteiger partial charge in [-0.15, -0.1) is 0 Å². The molecule has 0 aliphatic rings. The number of rotatable bonds is 1. The highest BCUT2D eigenvalue weighted by atomic mass is 16.1. The van der Waals surface area contributed by atoms with Gasteiger partial charge < -0.3 is 5.73 Å². The van der Waals surface area contributed by atoms with E-state index >= 15 is 0 Å². The van der Waals surface area contributed by atoms with Crippen LogP contribution in [0.4, 0.5) is 5.69 Å². The number of nitrogens with one attached hydrogen (secondary N) is 1. The summed E-state index contributed by atoms with van der Waals surface area (Å²) >= 11 is 0. The molecule has 0 unspecified atom stereocenters. The number of aromatic nitrogens is 3. The van der Waals surface area contributed by atoms with Gasteiger partial charge in [0.05, 0.1) is 0 Å². The number of nitrogens with two attached hydrogens (primary N) is 1. The number of hydrogen-bond acceptors (Lipinski definition) is 3. The fraction of sp³-hybridized carbons (Fsp3) is 0. The first-order valence-corrected chi connectivity index (χ1v) is 5.18. The minimum atomic E-state index is -0.117. The van der Waals surface area contributed by atoms with Crippen molar-refractivity contribution in [3.05, 3.63) is 52.8 Å². The van der Waals surface area contributed by atoms with E-state index in [4.69, 9.17) is 5.73 Å². The Morgan fingerprint density at radius 1 is 1.18 bits per heavy atom. The van der Waals surface area contributed by atoms with Crippen LogP contribution in [0.2, 0.25) is 0 Å². The Hall–Kier alpha value is -2.56. The van der Waals surface area contributed by atoms with Crippen LogP contribution in [0.1, 0.15) is 0 Å². The third-order valence-electron chi connectivity index (χ3n) is 2.59. The van der Waals surface area contributed by atoms with Crippen LogP contribution in [-0.4, -0.2) is 14.6 Å². The summed E-state index contributed by atoms with van der Waals surface area (Å²) in [5.74, 6) is 0.568. The second-order valence-corrected chi connectivity index (χ2v) is 3.76. The molecule has 3 aromatic rings. The zero-order chi connectivity index (χ0) is 11.8. The molecule has 2 heterocycles. The number of anilines is 1. The highest BCUT2D eigenvalue weighted by molar-refractivity contribution is 5.63. The van der Waals surface area contributed by atoms with Crippen molar-refractivity contribution in [2.24, 2.45) is 0 Å². The number of benzene rings is 1. The number of nitrogens with zero attached hydrogens (tertiary/aromatic N) is 2. The molecule has 0 atom stereocenters. The Kier molecular flexibility index (Phi) is 1.98. The normalized spacial score (nSPS) is 10.8. The van der Waals surface area contributed by atoms with Crippen molar-refractivity contribution in [2.75, 3.05) is 5.73 Å². The second kappa shape index (κ2) is 3.48. The van der Waals surface area contributed by atoms with Gasteiger partial charge in [-0.1, -0.05) is 18.2 Å². The summed E-state index contributed by atoms with van der Waals surface area (Å²) in [4.78, 5) is 11.8. The van der Waals surface area contributed by atoms with E-state index in [1.165, 1.54) is 10.5 Å². The molecule has 84 valence electrons. The van der Waals surface area contributed by atoms with E-state index in [1.807, 2.05) is 12.1 Å². The van der Waals surface area contributed by atoms with Crippen LogP contribution in [0, 0.1) is 0 Å². The molecule has 3 N–H and O–H groups in total. The van der Waals surface area contributed by atoms with Crippen LogP contribution in [0.25, 0.3) is 17.0 Å². The van der Waals surface area contributed by atoms with Crippen LogP contribution in [0.5, 0.6) is 0 Å². The van der Waals surface area contributed by atoms with Gasteiger partial charge >= 0.3 is 0 Å². The molecular weight excluding hydrogens is 216 g/mol. The Labute approximate surface area is 96.5 Å². The zero-order valence-electron chi connectivity index (χ0n) is 8.92. The lowest BCUT2D eigenvalue weighted by atomic mass is 10.2. The summed E-state index contributed by atoms with van der Waals surface area (Å²) in [6.07, 6.45) is 0. The molecule has 0 bridgehead atoms.